The number of rotatable bonds is 59. The summed E-state index contributed by atoms with van der Waals surface area (Å²) in [6.45, 7) is 6.26. The lowest BCUT2D eigenvalue weighted by Gasteiger charge is -2.18. The highest BCUT2D eigenvalue weighted by Crippen LogP contribution is 2.15. The summed E-state index contributed by atoms with van der Waals surface area (Å²) in [6, 6.07) is 0. The molecule has 0 saturated heterocycles. The molecule has 0 aromatic heterocycles. The summed E-state index contributed by atoms with van der Waals surface area (Å²) < 4.78 is 16.9. The number of esters is 3. The minimum absolute atomic E-state index is 0.101. The van der Waals surface area contributed by atoms with Gasteiger partial charge in [-0.3, -0.25) is 14.4 Å². The predicted molar refractivity (Wildman–Crippen MR) is 361 cm³/mol. The Bertz CT molecular complexity index is 1890. The predicted octanol–water partition coefficient (Wildman–Crippen LogP) is 23.4. The van der Waals surface area contributed by atoms with Gasteiger partial charge >= 0.3 is 17.9 Å². The van der Waals surface area contributed by atoms with E-state index < -0.39 is 6.10 Å². The Balaban J connectivity index is 4.36. The minimum Gasteiger partial charge on any atom is -0.462 e. The summed E-state index contributed by atoms with van der Waals surface area (Å²) in [7, 11) is 0. The molecule has 0 aliphatic rings. The van der Waals surface area contributed by atoms with Gasteiger partial charge in [-0.15, -0.1) is 0 Å². The Morgan fingerprint density at radius 3 is 0.687 bits per heavy atom. The third-order valence-corrected chi connectivity index (χ3v) is 13.7. The van der Waals surface area contributed by atoms with Crippen molar-refractivity contribution in [3.63, 3.8) is 0 Å². The van der Waals surface area contributed by atoms with E-state index in [-0.39, 0.29) is 31.1 Å². The lowest BCUT2D eigenvalue weighted by atomic mass is 10.1. The van der Waals surface area contributed by atoms with Gasteiger partial charge in [0, 0.05) is 19.3 Å². The number of hydrogen-bond acceptors (Lipinski definition) is 6. The van der Waals surface area contributed by atoms with Crippen LogP contribution in [0, 0.1) is 0 Å². The van der Waals surface area contributed by atoms with E-state index in [4.69, 9.17) is 14.2 Å². The van der Waals surface area contributed by atoms with E-state index in [1.807, 2.05) is 0 Å². The van der Waals surface area contributed by atoms with E-state index in [9.17, 15) is 14.4 Å². The topological polar surface area (TPSA) is 78.9 Å². The molecule has 0 aromatic rings. The molecule has 0 bridgehead atoms. The fourth-order valence-electron chi connectivity index (χ4n) is 8.78. The van der Waals surface area contributed by atoms with E-state index in [0.717, 1.165) is 167 Å². The molecule has 0 radical (unpaired) electrons. The summed E-state index contributed by atoms with van der Waals surface area (Å²) in [6.07, 6.45) is 102. The van der Waals surface area contributed by atoms with Crippen LogP contribution >= 0.6 is 0 Å². The van der Waals surface area contributed by atoms with Gasteiger partial charge < -0.3 is 14.2 Å². The summed E-state index contributed by atoms with van der Waals surface area (Å²) >= 11 is 0. The first-order chi connectivity index (χ1) is 41.0. The molecule has 0 amide bonds. The van der Waals surface area contributed by atoms with Gasteiger partial charge in [-0.25, -0.2) is 0 Å². The van der Waals surface area contributed by atoms with Crippen molar-refractivity contribution >= 4 is 17.9 Å². The van der Waals surface area contributed by atoms with Crippen molar-refractivity contribution in [1.29, 1.82) is 0 Å². The summed E-state index contributed by atoms with van der Waals surface area (Å²) in [4.78, 5) is 38.4. The zero-order valence-corrected chi connectivity index (χ0v) is 53.4. The molecular formula is C77H122O6. The first-order valence-electron chi connectivity index (χ1n) is 33.6. The first kappa shape index (κ1) is 77.8. The maximum Gasteiger partial charge on any atom is 0.306 e. The molecule has 0 aliphatic carbocycles. The molecule has 0 N–H and O–H groups in total. The van der Waals surface area contributed by atoms with E-state index in [0.29, 0.717) is 19.3 Å². The smallest absolute Gasteiger partial charge is 0.306 e. The molecule has 83 heavy (non-hydrogen) atoms. The minimum atomic E-state index is -0.807. The fourth-order valence-corrected chi connectivity index (χ4v) is 8.78. The van der Waals surface area contributed by atoms with Crippen molar-refractivity contribution in [2.24, 2.45) is 0 Å². The van der Waals surface area contributed by atoms with Crippen molar-refractivity contribution in [1.82, 2.24) is 0 Å². The van der Waals surface area contributed by atoms with Crippen LogP contribution in [0.2, 0.25) is 0 Å². The van der Waals surface area contributed by atoms with Crippen LogP contribution in [0.3, 0.4) is 0 Å². The molecule has 6 heteroatoms. The second kappa shape index (κ2) is 69.3. The standard InChI is InChI=1S/C77H122O6/c1-4-7-10-13-16-19-22-25-27-29-31-33-34-35-36-37-38-39-40-41-42-44-45-47-49-52-55-58-61-64-67-70-76(79)82-73-74(72-81-75(78)69-66-63-60-57-54-51-24-21-18-15-12-9-6-3)83-77(80)71-68-65-62-59-56-53-50-48-46-43-32-30-28-26-23-20-17-14-11-8-5-2/h7-12,16-21,25-28,31-33,35-36,38-39,41-43,51,54,74H,4-6,13-15,22-24,29-30,34,37,40,44-50,52-53,55-73H2,1-3H3/b10-7-,11-8-,12-9-,19-16-,20-17-,21-18-,27-25-,28-26-,33-31-,36-35-,39-38-,42-41-,43-32-,54-51-. The number of ether oxygens (including phenoxy) is 3. The highest BCUT2D eigenvalue weighted by Gasteiger charge is 2.19. The molecule has 0 aliphatic heterocycles. The van der Waals surface area contributed by atoms with Crippen LogP contribution in [0.15, 0.2) is 170 Å². The summed E-state index contributed by atoms with van der Waals surface area (Å²) in [5, 5.41) is 0. The monoisotopic (exact) mass is 1140 g/mol. The molecule has 1 unspecified atom stereocenters. The van der Waals surface area contributed by atoms with Crippen LogP contribution in [-0.2, 0) is 28.6 Å². The van der Waals surface area contributed by atoms with E-state index in [1.54, 1.807) is 0 Å². The zero-order chi connectivity index (χ0) is 59.9. The van der Waals surface area contributed by atoms with Gasteiger partial charge in [0.15, 0.2) is 6.10 Å². The highest BCUT2D eigenvalue weighted by molar-refractivity contribution is 5.71. The Morgan fingerprint density at radius 1 is 0.241 bits per heavy atom. The van der Waals surface area contributed by atoms with E-state index in [1.165, 1.54) is 70.6 Å². The molecule has 466 valence electrons. The number of carbonyl (C=O) groups excluding carboxylic acids is 3. The Hall–Kier alpha value is -5.23. The van der Waals surface area contributed by atoms with Crippen molar-refractivity contribution in [2.45, 2.75) is 284 Å². The van der Waals surface area contributed by atoms with Gasteiger partial charge in [0.2, 0.25) is 0 Å². The zero-order valence-electron chi connectivity index (χ0n) is 53.4. The maximum absolute atomic E-state index is 12.9. The van der Waals surface area contributed by atoms with Crippen molar-refractivity contribution in [3.8, 4) is 0 Å². The Labute approximate surface area is 511 Å². The first-order valence-corrected chi connectivity index (χ1v) is 33.6. The second-order valence-corrected chi connectivity index (χ2v) is 21.6. The van der Waals surface area contributed by atoms with Crippen molar-refractivity contribution in [3.05, 3.63) is 170 Å². The SMILES string of the molecule is CC/C=C\C/C=C\C/C=C\C/C=C\C/C=C\C/C=C\C/C=C\CCCCCCCCCCCC(=O)OCC(COC(=O)CCCCC/C=C\C/C=C\C/C=C\CC)OC(=O)CCCCCCCCCC/C=C\C/C=C\C/C=C\C/C=C\CC. The fraction of sp³-hybridized carbons (Fsp3) is 0.597. The average Bonchev–Trinajstić information content (AvgIpc) is 3.49. The van der Waals surface area contributed by atoms with E-state index >= 15 is 0 Å². The Morgan fingerprint density at radius 2 is 0.434 bits per heavy atom. The van der Waals surface area contributed by atoms with Gasteiger partial charge in [-0.1, -0.05) is 281 Å². The van der Waals surface area contributed by atoms with Crippen LogP contribution in [-0.4, -0.2) is 37.2 Å². The van der Waals surface area contributed by atoms with Crippen LogP contribution in [0.25, 0.3) is 0 Å². The summed E-state index contributed by atoms with van der Waals surface area (Å²) in [5.41, 5.74) is 0. The molecule has 0 rings (SSSR count). The Kier molecular flexibility index (Phi) is 64.9. The van der Waals surface area contributed by atoms with Crippen LogP contribution in [0.4, 0.5) is 0 Å². The number of unbranched alkanes of at least 4 members (excludes halogenated alkanes) is 20. The van der Waals surface area contributed by atoms with Gasteiger partial charge in [0.1, 0.15) is 13.2 Å². The number of carbonyl (C=O) groups is 3. The molecule has 0 fully saturated rings. The molecule has 0 heterocycles. The van der Waals surface area contributed by atoms with Crippen LogP contribution < -0.4 is 0 Å². The summed E-state index contributed by atoms with van der Waals surface area (Å²) in [5.74, 6) is -0.947. The third-order valence-electron chi connectivity index (χ3n) is 13.7. The van der Waals surface area contributed by atoms with Gasteiger partial charge in [0.25, 0.3) is 0 Å². The molecular weight excluding hydrogens is 1020 g/mol. The maximum atomic E-state index is 12.9. The van der Waals surface area contributed by atoms with Gasteiger partial charge in [-0.2, -0.15) is 0 Å². The molecule has 0 aromatic carbocycles. The molecule has 0 saturated carbocycles. The molecule has 6 nitrogen and oxygen atoms in total. The van der Waals surface area contributed by atoms with E-state index in [2.05, 4.69) is 191 Å². The number of hydrogen-bond donors (Lipinski definition) is 0. The molecule has 1 atom stereocenters. The average molecular weight is 1140 g/mol. The van der Waals surface area contributed by atoms with Crippen molar-refractivity contribution < 1.29 is 28.6 Å². The quantitative estimate of drug-likeness (QED) is 0.0261. The van der Waals surface area contributed by atoms with Gasteiger partial charge in [-0.05, 0) is 148 Å². The second-order valence-electron chi connectivity index (χ2n) is 21.6. The largest absolute Gasteiger partial charge is 0.462 e. The molecule has 0 spiro atoms. The third kappa shape index (κ3) is 67.4. The van der Waals surface area contributed by atoms with Crippen LogP contribution in [0.1, 0.15) is 278 Å². The van der Waals surface area contributed by atoms with Crippen LogP contribution in [0.5, 0.6) is 0 Å². The van der Waals surface area contributed by atoms with Crippen molar-refractivity contribution in [2.75, 3.05) is 13.2 Å². The van der Waals surface area contributed by atoms with Gasteiger partial charge in [0.05, 0.1) is 0 Å². The number of allylic oxidation sites excluding steroid dienone is 28. The lowest BCUT2D eigenvalue weighted by Crippen LogP contribution is -2.30. The highest BCUT2D eigenvalue weighted by atomic mass is 16.6. The normalized spacial score (nSPS) is 13.2. The lowest BCUT2D eigenvalue weighted by molar-refractivity contribution is -0.167.